The summed E-state index contributed by atoms with van der Waals surface area (Å²) in [7, 11) is 0. The van der Waals surface area contributed by atoms with Gasteiger partial charge >= 0.3 is 0 Å². The Morgan fingerprint density at radius 1 is 0.690 bits per heavy atom. The number of carbonyl (C=O) groups is 2. The summed E-state index contributed by atoms with van der Waals surface area (Å²) in [6.45, 7) is -0.476. The summed E-state index contributed by atoms with van der Waals surface area (Å²) in [6.07, 6.45) is 0. The maximum Gasteiger partial charge on any atom is 0.250 e. The summed E-state index contributed by atoms with van der Waals surface area (Å²) in [5, 5.41) is 5.93. The van der Waals surface area contributed by atoms with Gasteiger partial charge in [-0.15, -0.1) is 0 Å². The molecule has 0 aromatic heterocycles. The lowest BCUT2D eigenvalue weighted by Gasteiger charge is -2.09. The number of nitrogens with one attached hydrogen (secondary N) is 2. The van der Waals surface area contributed by atoms with Crippen LogP contribution in [0.3, 0.4) is 0 Å². The lowest BCUT2D eigenvalue weighted by molar-refractivity contribution is -0.125. The third-order valence-corrected chi connectivity index (χ3v) is 3.96. The van der Waals surface area contributed by atoms with Crippen molar-refractivity contribution in [2.24, 2.45) is 0 Å². The zero-order valence-corrected chi connectivity index (χ0v) is 16.2. The fourth-order valence-corrected chi connectivity index (χ4v) is 2.52. The fraction of sp³-hybridized carbons (Fsp3) is 0.0909. The Morgan fingerprint density at radius 3 is 1.72 bits per heavy atom. The summed E-state index contributed by atoms with van der Waals surface area (Å²) in [5.74, 6) is 0.669. The van der Waals surface area contributed by atoms with E-state index in [0.29, 0.717) is 22.1 Å². The van der Waals surface area contributed by atoms with E-state index in [9.17, 15) is 9.59 Å². The Morgan fingerprint density at radius 2 is 1.17 bits per heavy atom. The molecule has 0 atom stereocenters. The molecule has 148 valence electrons. The van der Waals surface area contributed by atoms with Gasteiger partial charge < -0.3 is 20.1 Å². The second-order valence-corrected chi connectivity index (χ2v) is 6.47. The van der Waals surface area contributed by atoms with E-state index < -0.39 is 0 Å². The number of ether oxygens (including phenoxy) is 2. The average molecular weight is 411 g/mol. The van der Waals surface area contributed by atoms with Crippen LogP contribution < -0.4 is 15.4 Å². The van der Waals surface area contributed by atoms with Gasteiger partial charge in [-0.1, -0.05) is 29.8 Å². The second-order valence-electron chi connectivity index (χ2n) is 6.04. The Labute approximate surface area is 173 Å². The zero-order valence-electron chi connectivity index (χ0n) is 15.4. The van der Waals surface area contributed by atoms with E-state index >= 15 is 0 Å². The van der Waals surface area contributed by atoms with Crippen molar-refractivity contribution in [3.05, 3.63) is 83.9 Å². The molecule has 0 radical (unpaired) electrons. The van der Waals surface area contributed by atoms with Crippen LogP contribution in [0.4, 0.5) is 11.4 Å². The Bertz CT molecular complexity index is 945. The molecule has 0 spiro atoms. The van der Waals surface area contributed by atoms with Crippen LogP contribution >= 0.6 is 11.6 Å². The summed E-state index contributed by atoms with van der Waals surface area (Å²) in [4.78, 5) is 23.8. The Balaban J connectivity index is 1.38. The normalized spacial score (nSPS) is 10.2. The number of hydrogen-bond acceptors (Lipinski definition) is 4. The highest BCUT2D eigenvalue weighted by Crippen LogP contribution is 2.22. The van der Waals surface area contributed by atoms with Gasteiger partial charge in [-0.25, -0.2) is 0 Å². The second kappa shape index (κ2) is 10.3. The Hall–Kier alpha value is -3.35. The number of rotatable bonds is 8. The molecule has 0 saturated heterocycles. The zero-order chi connectivity index (χ0) is 20.5. The molecular formula is C22H19ClN2O4. The van der Waals surface area contributed by atoms with Crippen LogP contribution in [0.1, 0.15) is 0 Å². The molecule has 3 aromatic rings. The van der Waals surface area contributed by atoms with Crippen LogP contribution in [-0.2, 0) is 14.3 Å². The molecular weight excluding hydrogens is 392 g/mol. The number of amides is 2. The van der Waals surface area contributed by atoms with Gasteiger partial charge in [0.2, 0.25) is 11.8 Å². The molecule has 0 heterocycles. The number of para-hydroxylation sites is 1. The maximum atomic E-state index is 12.0. The molecule has 0 aliphatic rings. The van der Waals surface area contributed by atoms with Crippen LogP contribution in [0.25, 0.3) is 0 Å². The molecule has 3 aromatic carbocycles. The minimum absolute atomic E-state index is 0.236. The van der Waals surface area contributed by atoms with Crippen molar-refractivity contribution in [2.45, 2.75) is 0 Å². The third-order valence-electron chi connectivity index (χ3n) is 3.71. The van der Waals surface area contributed by atoms with E-state index in [-0.39, 0.29) is 25.0 Å². The summed E-state index contributed by atoms with van der Waals surface area (Å²) < 4.78 is 10.8. The number of anilines is 2. The lowest BCUT2D eigenvalue weighted by atomic mass is 10.3. The molecule has 2 amide bonds. The molecule has 3 rings (SSSR count). The lowest BCUT2D eigenvalue weighted by Crippen LogP contribution is -2.23. The summed E-state index contributed by atoms with van der Waals surface area (Å²) in [5.41, 5.74) is 1.20. The van der Waals surface area contributed by atoms with Gasteiger partial charge in [-0.05, 0) is 60.7 Å². The molecule has 7 heteroatoms. The van der Waals surface area contributed by atoms with Gasteiger partial charge in [0, 0.05) is 16.4 Å². The van der Waals surface area contributed by atoms with E-state index in [1.165, 1.54) is 0 Å². The van der Waals surface area contributed by atoms with Gasteiger partial charge in [0.05, 0.1) is 0 Å². The van der Waals surface area contributed by atoms with Crippen LogP contribution in [0.15, 0.2) is 78.9 Å². The van der Waals surface area contributed by atoms with E-state index in [2.05, 4.69) is 10.6 Å². The molecule has 6 nitrogen and oxygen atoms in total. The largest absolute Gasteiger partial charge is 0.457 e. The maximum absolute atomic E-state index is 12.0. The van der Waals surface area contributed by atoms with E-state index in [4.69, 9.17) is 21.1 Å². The molecule has 0 bridgehead atoms. The molecule has 0 fully saturated rings. The SMILES string of the molecule is O=C(COCC(=O)Nc1ccc(Oc2ccccc2)cc1)Nc1ccc(Cl)cc1. The summed E-state index contributed by atoms with van der Waals surface area (Å²) in [6, 6.07) is 23.1. The van der Waals surface area contributed by atoms with Crippen molar-refractivity contribution in [1.29, 1.82) is 0 Å². The predicted molar refractivity (Wildman–Crippen MR) is 112 cm³/mol. The fourth-order valence-electron chi connectivity index (χ4n) is 2.39. The first-order chi connectivity index (χ1) is 14.1. The Kier molecular flexibility index (Phi) is 7.22. The van der Waals surface area contributed by atoms with Gasteiger partial charge in [-0.2, -0.15) is 0 Å². The third kappa shape index (κ3) is 6.95. The molecule has 2 N–H and O–H groups in total. The van der Waals surface area contributed by atoms with Crippen molar-refractivity contribution in [2.75, 3.05) is 23.8 Å². The average Bonchev–Trinajstić information content (AvgIpc) is 2.72. The molecule has 0 aliphatic heterocycles. The van der Waals surface area contributed by atoms with Crippen LogP contribution in [0.5, 0.6) is 11.5 Å². The topological polar surface area (TPSA) is 76.7 Å². The first kappa shape index (κ1) is 20.4. The van der Waals surface area contributed by atoms with Gasteiger partial charge in [0.15, 0.2) is 0 Å². The number of carbonyl (C=O) groups excluding carboxylic acids is 2. The smallest absolute Gasteiger partial charge is 0.250 e. The van der Waals surface area contributed by atoms with Crippen molar-refractivity contribution in [3.63, 3.8) is 0 Å². The van der Waals surface area contributed by atoms with Gasteiger partial charge in [0.1, 0.15) is 24.7 Å². The minimum atomic E-state index is -0.360. The van der Waals surface area contributed by atoms with Crippen molar-refractivity contribution in [1.82, 2.24) is 0 Å². The number of benzene rings is 3. The number of hydrogen-bond donors (Lipinski definition) is 2. The van der Waals surface area contributed by atoms with Crippen molar-refractivity contribution in [3.8, 4) is 11.5 Å². The number of halogens is 1. The quantitative estimate of drug-likeness (QED) is 0.563. The predicted octanol–water partition coefficient (Wildman–Crippen LogP) is 4.73. The standard InChI is InChI=1S/C22H19ClN2O4/c23-16-6-8-17(9-7-16)24-21(26)14-28-15-22(27)25-18-10-12-20(13-11-18)29-19-4-2-1-3-5-19/h1-13H,14-15H2,(H,24,26)(H,25,27). The summed E-state index contributed by atoms with van der Waals surface area (Å²) >= 11 is 5.79. The van der Waals surface area contributed by atoms with Crippen LogP contribution in [-0.4, -0.2) is 25.0 Å². The van der Waals surface area contributed by atoms with Crippen LogP contribution in [0.2, 0.25) is 5.02 Å². The first-order valence-electron chi connectivity index (χ1n) is 8.84. The van der Waals surface area contributed by atoms with E-state index in [0.717, 1.165) is 5.75 Å². The molecule has 0 unspecified atom stereocenters. The highest BCUT2D eigenvalue weighted by molar-refractivity contribution is 6.30. The molecule has 0 aliphatic carbocycles. The first-order valence-corrected chi connectivity index (χ1v) is 9.22. The highest BCUT2D eigenvalue weighted by Gasteiger charge is 2.07. The molecule has 0 saturated carbocycles. The van der Waals surface area contributed by atoms with Gasteiger partial charge in [-0.3, -0.25) is 9.59 Å². The van der Waals surface area contributed by atoms with E-state index in [1.54, 1.807) is 48.5 Å². The van der Waals surface area contributed by atoms with Gasteiger partial charge in [0.25, 0.3) is 0 Å². The minimum Gasteiger partial charge on any atom is -0.457 e. The van der Waals surface area contributed by atoms with E-state index in [1.807, 2.05) is 30.3 Å². The highest BCUT2D eigenvalue weighted by atomic mass is 35.5. The molecule has 29 heavy (non-hydrogen) atoms. The monoisotopic (exact) mass is 410 g/mol. The van der Waals surface area contributed by atoms with Crippen molar-refractivity contribution < 1.29 is 19.1 Å². The van der Waals surface area contributed by atoms with Crippen LogP contribution in [0, 0.1) is 0 Å². The van der Waals surface area contributed by atoms with Crippen molar-refractivity contribution >= 4 is 34.8 Å².